The number of amides is 1. The first-order valence-electron chi connectivity index (χ1n) is 5.11. The second-order valence-corrected chi connectivity index (χ2v) is 3.51. The van der Waals surface area contributed by atoms with Gasteiger partial charge in [-0.05, 0) is 6.92 Å². The van der Waals surface area contributed by atoms with Gasteiger partial charge in [0.2, 0.25) is 0 Å². The standard InChI is InChI=1S/C10H13N5O/c1-2-3-4-12-10(16)9-7-15(14-13-9)8-5-11-6-8/h7-8,11H,4-6H2,1H3,(H,12,16). The van der Waals surface area contributed by atoms with Gasteiger partial charge >= 0.3 is 0 Å². The minimum absolute atomic E-state index is 0.235. The van der Waals surface area contributed by atoms with Crippen molar-refractivity contribution in [2.75, 3.05) is 19.6 Å². The van der Waals surface area contributed by atoms with E-state index < -0.39 is 0 Å². The van der Waals surface area contributed by atoms with Crippen molar-refractivity contribution in [3.8, 4) is 11.8 Å². The Hall–Kier alpha value is -1.87. The van der Waals surface area contributed by atoms with Crippen molar-refractivity contribution in [1.82, 2.24) is 25.6 Å². The Morgan fingerprint density at radius 2 is 2.56 bits per heavy atom. The van der Waals surface area contributed by atoms with Crippen LogP contribution in [0.1, 0.15) is 23.5 Å². The number of hydrogen-bond donors (Lipinski definition) is 2. The van der Waals surface area contributed by atoms with Gasteiger partial charge in [-0.2, -0.15) is 0 Å². The molecule has 0 saturated carbocycles. The molecule has 0 radical (unpaired) electrons. The lowest BCUT2D eigenvalue weighted by molar-refractivity contribution is 0.0953. The van der Waals surface area contributed by atoms with Crippen molar-refractivity contribution >= 4 is 5.91 Å². The van der Waals surface area contributed by atoms with Crippen LogP contribution in [-0.2, 0) is 0 Å². The summed E-state index contributed by atoms with van der Waals surface area (Å²) < 4.78 is 1.72. The third-order valence-electron chi connectivity index (χ3n) is 2.39. The van der Waals surface area contributed by atoms with Gasteiger partial charge in [-0.25, -0.2) is 4.68 Å². The summed E-state index contributed by atoms with van der Waals surface area (Å²) in [7, 11) is 0. The molecule has 0 atom stereocenters. The number of carbonyl (C=O) groups is 1. The molecular weight excluding hydrogens is 206 g/mol. The summed E-state index contributed by atoms with van der Waals surface area (Å²) in [6, 6.07) is 0.324. The van der Waals surface area contributed by atoms with E-state index in [0.717, 1.165) is 13.1 Å². The molecule has 1 aromatic rings. The Morgan fingerprint density at radius 1 is 1.75 bits per heavy atom. The molecule has 0 aromatic carbocycles. The minimum atomic E-state index is -0.235. The molecule has 2 heterocycles. The fraction of sp³-hybridized carbons (Fsp3) is 0.500. The molecular formula is C10H13N5O. The SMILES string of the molecule is CC#CCNC(=O)c1cn(C2CNC2)nn1. The lowest BCUT2D eigenvalue weighted by atomic mass is 10.2. The normalized spacial score (nSPS) is 14.8. The number of rotatable bonds is 3. The quantitative estimate of drug-likeness (QED) is 0.651. The van der Waals surface area contributed by atoms with Crippen LogP contribution in [0.4, 0.5) is 0 Å². The molecule has 1 fully saturated rings. The molecule has 6 nitrogen and oxygen atoms in total. The smallest absolute Gasteiger partial charge is 0.274 e. The first-order valence-corrected chi connectivity index (χ1v) is 5.11. The highest BCUT2D eigenvalue weighted by atomic mass is 16.2. The number of carbonyl (C=O) groups excluding carboxylic acids is 1. The van der Waals surface area contributed by atoms with Gasteiger partial charge in [-0.1, -0.05) is 11.1 Å². The molecule has 2 N–H and O–H groups in total. The van der Waals surface area contributed by atoms with Gasteiger partial charge in [0.25, 0.3) is 5.91 Å². The van der Waals surface area contributed by atoms with Crippen molar-refractivity contribution in [2.45, 2.75) is 13.0 Å². The maximum absolute atomic E-state index is 11.6. The maximum atomic E-state index is 11.6. The average molecular weight is 219 g/mol. The first kappa shape index (κ1) is 10.6. The first-order chi connectivity index (χ1) is 7.81. The minimum Gasteiger partial charge on any atom is -0.340 e. The van der Waals surface area contributed by atoms with Gasteiger partial charge in [0.1, 0.15) is 0 Å². The number of aromatic nitrogens is 3. The Bertz CT molecular complexity index is 438. The molecule has 1 amide bonds. The van der Waals surface area contributed by atoms with Crippen LogP contribution < -0.4 is 10.6 Å². The van der Waals surface area contributed by atoms with E-state index in [4.69, 9.17) is 0 Å². The Labute approximate surface area is 93.4 Å². The second-order valence-electron chi connectivity index (χ2n) is 3.51. The van der Waals surface area contributed by atoms with Crippen LogP contribution in [0.3, 0.4) is 0 Å². The third kappa shape index (κ3) is 2.20. The van der Waals surface area contributed by atoms with Crippen molar-refractivity contribution in [3.63, 3.8) is 0 Å². The molecule has 1 aliphatic heterocycles. The molecule has 6 heteroatoms. The van der Waals surface area contributed by atoms with Crippen LogP contribution in [0.2, 0.25) is 0 Å². The molecule has 1 aliphatic rings. The van der Waals surface area contributed by atoms with Crippen LogP contribution in [0.25, 0.3) is 0 Å². The fourth-order valence-corrected chi connectivity index (χ4v) is 1.32. The number of hydrogen-bond acceptors (Lipinski definition) is 4. The van der Waals surface area contributed by atoms with Gasteiger partial charge < -0.3 is 10.6 Å². The molecule has 16 heavy (non-hydrogen) atoms. The fourth-order valence-electron chi connectivity index (χ4n) is 1.32. The zero-order chi connectivity index (χ0) is 11.4. The second kappa shape index (κ2) is 4.77. The highest BCUT2D eigenvalue weighted by Crippen LogP contribution is 2.09. The highest BCUT2D eigenvalue weighted by Gasteiger charge is 2.21. The number of nitrogens with zero attached hydrogens (tertiary/aromatic N) is 3. The van der Waals surface area contributed by atoms with E-state index in [1.54, 1.807) is 17.8 Å². The van der Waals surface area contributed by atoms with E-state index in [2.05, 4.69) is 32.8 Å². The van der Waals surface area contributed by atoms with Gasteiger partial charge in [-0.15, -0.1) is 11.0 Å². The molecule has 0 unspecified atom stereocenters. The van der Waals surface area contributed by atoms with E-state index in [1.807, 2.05) is 0 Å². The molecule has 1 aromatic heterocycles. The van der Waals surface area contributed by atoms with Crippen LogP contribution in [-0.4, -0.2) is 40.5 Å². The van der Waals surface area contributed by atoms with E-state index >= 15 is 0 Å². The average Bonchev–Trinajstić information content (AvgIpc) is 2.64. The largest absolute Gasteiger partial charge is 0.340 e. The van der Waals surface area contributed by atoms with Crippen LogP contribution in [0, 0.1) is 11.8 Å². The van der Waals surface area contributed by atoms with E-state index in [1.165, 1.54) is 0 Å². The molecule has 84 valence electrons. The van der Waals surface area contributed by atoms with Crippen molar-refractivity contribution in [1.29, 1.82) is 0 Å². The van der Waals surface area contributed by atoms with E-state index in [0.29, 0.717) is 18.3 Å². The summed E-state index contributed by atoms with van der Waals surface area (Å²) in [5.74, 6) is 5.22. The van der Waals surface area contributed by atoms with Gasteiger partial charge in [0.05, 0.1) is 18.8 Å². The Morgan fingerprint density at radius 3 is 3.19 bits per heavy atom. The zero-order valence-electron chi connectivity index (χ0n) is 9.03. The van der Waals surface area contributed by atoms with E-state index in [9.17, 15) is 4.79 Å². The summed E-state index contributed by atoms with van der Waals surface area (Å²) in [5, 5.41) is 13.5. The van der Waals surface area contributed by atoms with E-state index in [-0.39, 0.29) is 5.91 Å². The maximum Gasteiger partial charge on any atom is 0.274 e. The monoisotopic (exact) mass is 219 g/mol. The third-order valence-corrected chi connectivity index (χ3v) is 2.39. The van der Waals surface area contributed by atoms with Gasteiger partial charge in [0.15, 0.2) is 5.69 Å². The zero-order valence-corrected chi connectivity index (χ0v) is 9.03. The van der Waals surface area contributed by atoms with Gasteiger partial charge in [0, 0.05) is 13.1 Å². The molecule has 0 spiro atoms. The topological polar surface area (TPSA) is 71.8 Å². The molecule has 0 bridgehead atoms. The van der Waals surface area contributed by atoms with Crippen LogP contribution in [0.5, 0.6) is 0 Å². The van der Waals surface area contributed by atoms with Crippen molar-refractivity contribution in [2.24, 2.45) is 0 Å². The molecule has 0 aliphatic carbocycles. The summed E-state index contributed by atoms with van der Waals surface area (Å²) in [5.41, 5.74) is 0.338. The predicted molar refractivity (Wildman–Crippen MR) is 57.7 cm³/mol. The lowest BCUT2D eigenvalue weighted by Crippen LogP contribution is -2.43. The van der Waals surface area contributed by atoms with Crippen molar-refractivity contribution in [3.05, 3.63) is 11.9 Å². The summed E-state index contributed by atoms with van der Waals surface area (Å²) in [6.07, 6.45) is 1.67. The van der Waals surface area contributed by atoms with Crippen LogP contribution in [0.15, 0.2) is 6.20 Å². The molecule has 2 rings (SSSR count). The number of nitrogens with one attached hydrogen (secondary N) is 2. The summed E-state index contributed by atoms with van der Waals surface area (Å²) in [4.78, 5) is 11.6. The molecule has 1 saturated heterocycles. The Kier molecular flexibility index (Phi) is 3.17. The summed E-state index contributed by atoms with van der Waals surface area (Å²) in [6.45, 7) is 3.83. The Balaban J connectivity index is 1.94. The van der Waals surface area contributed by atoms with Gasteiger partial charge in [-0.3, -0.25) is 4.79 Å². The predicted octanol–water partition coefficient (Wildman–Crippen LogP) is -0.824. The summed E-state index contributed by atoms with van der Waals surface area (Å²) >= 11 is 0. The van der Waals surface area contributed by atoms with Crippen LogP contribution >= 0.6 is 0 Å². The van der Waals surface area contributed by atoms with Crippen molar-refractivity contribution < 1.29 is 4.79 Å². The lowest BCUT2D eigenvalue weighted by Gasteiger charge is -2.26. The highest BCUT2D eigenvalue weighted by molar-refractivity contribution is 5.91.